The quantitative estimate of drug-likeness (QED) is 0.701. The molecule has 0 radical (unpaired) electrons. The van der Waals surface area contributed by atoms with Gasteiger partial charge in [-0.25, -0.2) is 0 Å². The van der Waals surface area contributed by atoms with Crippen molar-refractivity contribution in [3.63, 3.8) is 0 Å². The van der Waals surface area contributed by atoms with Gasteiger partial charge in [-0.3, -0.25) is 9.78 Å². The molecule has 0 spiro atoms. The number of rotatable bonds is 3. The number of phenolic OH excluding ortho intramolecular Hbond substituents is 1. The van der Waals surface area contributed by atoms with Crippen LogP contribution in [0.3, 0.4) is 0 Å². The lowest BCUT2D eigenvalue weighted by Crippen LogP contribution is -2.13. The number of carbonyl (C=O) groups is 1. The fourth-order valence-electron chi connectivity index (χ4n) is 2.59. The zero-order valence-electron chi connectivity index (χ0n) is 15.2. The van der Waals surface area contributed by atoms with E-state index >= 15 is 0 Å². The van der Waals surface area contributed by atoms with Crippen LogP contribution in [0.4, 0.5) is 5.69 Å². The summed E-state index contributed by atoms with van der Waals surface area (Å²) in [7, 11) is 0. The summed E-state index contributed by atoms with van der Waals surface area (Å²) >= 11 is 0. The maximum absolute atomic E-state index is 12.4. The van der Waals surface area contributed by atoms with E-state index in [2.05, 4.69) is 31.1 Å². The van der Waals surface area contributed by atoms with Crippen LogP contribution < -0.4 is 5.32 Å². The zero-order valence-corrected chi connectivity index (χ0v) is 15.2. The van der Waals surface area contributed by atoms with Gasteiger partial charge in [-0.1, -0.05) is 32.9 Å². The lowest BCUT2D eigenvalue weighted by atomic mass is 9.87. The Morgan fingerprint density at radius 1 is 0.923 bits per heavy atom. The highest BCUT2D eigenvalue weighted by Gasteiger charge is 2.13. The minimum Gasteiger partial charge on any atom is -0.508 e. The van der Waals surface area contributed by atoms with Crippen molar-refractivity contribution in [2.24, 2.45) is 0 Å². The Morgan fingerprint density at radius 2 is 1.58 bits per heavy atom. The summed E-state index contributed by atoms with van der Waals surface area (Å²) in [5.41, 5.74) is 4.17. The molecule has 0 atom stereocenters. The Bertz CT molecular complexity index is 891. The van der Waals surface area contributed by atoms with Crippen LogP contribution in [0.1, 0.15) is 36.7 Å². The van der Waals surface area contributed by atoms with Crippen molar-refractivity contribution in [1.82, 2.24) is 4.98 Å². The average Bonchev–Trinajstić information content (AvgIpc) is 2.62. The van der Waals surface area contributed by atoms with Gasteiger partial charge in [-0.05, 0) is 59.5 Å². The molecule has 3 rings (SSSR count). The number of hydrogen-bond acceptors (Lipinski definition) is 3. The normalized spacial score (nSPS) is 11.2. The first-order valence-corrected chi connectivity index (χ1v) is 8.50. The molecule has 132 valence electrons. The molecule has 2 N–H and O–H groups in total. The van der Waals surface area contributed by atoms with Gasteiger partial charge in [0.15, 0.2) is 0 Å². The van der Waals surface area contributed by atoms with E-state index in [0.29, 0.717) is 5.56 Å². The Morgan fingerprint density at radius 3 is 2.12 bits per heavy atom. The predicted octanol–water partition coefficient (Wildman–Crippen LogP) is 5.00. The molecule has 4 nitrogen and oxygen atoms in total. The van der Waals surface area contributed by atoms with Crippen LogP contribution in [0.5, 0.6) is 5.75 Å². The van der Waals surface area contributed by atoms with Crippen molar-refractivity contribution >= 4 is 11.6 Å². The summed E-state index contributed by atoms with van der Waals surface area (Å²) in [4.78, 5) is 16.7. The Hall–Kier alpha value is -3.14. The first kappa shape index (κ1) is 17.7. The van der Waals surface area contributed by atoms with Crippen molar-refractivity contribution in [2.75, 3.05) is 5.32 Å². The van der Waals surface area contributed by atoms with Crippen LogP contribution >= 0.6 is 0 Å². The van der Waals surface area contributed by atoms with Gasteiger partial charge < -0.3 is 10.4 Å². The Labute approximate surface area is 153 Å². The maximum Gasteiger partial charge on any atom is 0.257 e. The van der Waals surface area contributed by atoms with Gasteiger partial charge in [0.1, 0.15) is 5.75 Å². The molecule has 3 aromatic rings. The number of amides is 1. The number of pyridine rings is 1. The van der Waals surface area contributed by atoms with Crippen molar-refractivity contribution in [3.05, 3.63) is 78.0 Å². The number of aromatic hydroxyl groups is 1. The highest BCUT2D eigenvalue weighted by atomic mass is 16.3. The standard InChI is InChI=1S/C22H22N2O2/c1-22(2,3)17-7-9-18(10-8-17)24-21(26)16-6-13-20(23-14-16)15-4-11-19(25)12-5-15/h4-14,25H,1-3H3,(H,24,26). The second-order valence-electron chi connectivity index (χ2n) is 7.26. The van der Waals surface area contributed by atoms with Crippen LogP contribution in [0.15, 0.2) is 66.9 Å². The Kier molecular flexibility index (Phi) is 4.76. The molecule has 0 fully saturated rings. The maximum atomic E-state index is 12.4. The van der Waals surface area contributed by atoms with E-state index in [0.717, 1.165) is 16.9 Å². The summed E-state index contributed by atoms with van der Waals surface area (Å²) in [5, 5.41) is 12.2. The minimum atomic E-state index is -0.196. The molecule has 1 aromatic heterocycles. The fraction of sp³-hybridized carbons (Fsp3) is 0.182. The number of nitrogens with one attached hydrogen (secondary N) is 1. The predicted molar refractivity (Wildman–Crippen MR) is 104 cm³/mol. The van der Waals surface area contributed by atoms with Gasteiger partial charge in [0, 0.05) is 17.4 Å². The van der Waals surface area contributed by atoms with E-state index < -0.39 is 0 Å². The lowest BCUT2D eigenvalue weighted by molar-refractivity contribution is 0.102. The molecular formula is C22H22N2O2. The van der Waals surface area contributed by atoms with E-state index in [-0.39, 0.29) is 17.1 Å². The smallest absolute Gasteiger partial charge is 0.257 e. The summed E-state index contributed by atoms with van der Waals surface area (Å²) in [6.45, 7) is 6.46. The van der Waals surface area contributed by atoms with Crippen LogP contribution in [0.2, 0.25) is 0 Å². The van der Waals surface area contributed by atoms with Crippen LogP contribution in [0, 0.1) is 0 Å². The number of phenols is 1. The van der Waals surface area contributed by atoms with Gasteiger partial charge >= 0.3 is 0 Å². The highest BCUT2D eigenvalue weighted by molar-refractivity contribution is 6.04. The van der Waals surface area contributed by atoms with Crippen LogP contribution in [-0.2, 0) is 5.41 Å². The third kappa shape index (κ3) is 4.09. The number of aromatic nitrogens is 1. The van der Waals surface area contributed by atoms with Gasteiger partial charge in [-0.15, -0.1) is 0 Å². The third-order valence-electron chi connectivity index (χ3n) is 4.20. The number of carbonyl (C=O) groups excluding carboxylic acids is 1. The molecule has 0 unspecified atom stereocenters. The number of hydrogen-bond donors (Lipinski definition) is 2. The topological polar surface area (TPSA) is 62.2 Å². The molecule has 0 aliphatic heterocycles. The molecule has 0 saturated heterocycles. The molecule has 1 amide bonds. The molecular weight excluding hydrogens is 324 g/mol. The molecule has 26 heavy (non-hydrogen) atoms. The second-order valence-corrected chi connectivity index (χ2v) is 7.26. The lowest BCUT2D eigenvalue weighted by Gasteiger charge is -2.19. The van der Waals surface area contributed by atoms with Crippen molar-refractivity contribution in [1.29, 1.82) is 0 Å². The van der Waals surface area contributed by atoms with Crippen molar-refractivity contribution in [2.45, 2.75) is 26.2 Å². The summed E-state index contributed by atoms with van der Waals surface area (Å²) in [5.74, 6) is 0.0143. The number of anilines is 1. The summed E-state index contributed by atoms with van der Waals surface area (Å²) < 4.78 is 0. The molecule has 1 heterocycles. The van der Waals surface area contributed by atoms with E-state index in [1.54, 1.807) is 42.6 Å². The molecule has 0 bridgehead atoms. The SMILES string of the molecule is CC(C)(C)c1ccc(NC(=O)c2ccc(-c3ccc(O)cc3)nc2)cc1. The van der Waals surface area contributed by atoms with Crippen LogP contribution in [-0.4, -0.2) is 16.0 Å². The monoisotopic (exact) mass is 346 g/mol. The first-order valence-electron chi connectivity index (χ1n) is 8.50. The molecule has 0 aliphatic rings. The highest BCUT2D eigenvalue weighted by Crippen LogP contribution is 2.24. The van der Waals surface area contributed by atoms with Gasteiger partial charge in [0.05, 0.1) is 11.3 Å². The molecule has 0 saturated carbocycles. The summed E-state index contributed by atoms with van der Waals surface area (Å²) in [6.07, 6.45) is 1.56. The van der Waals surface area contributed by atoms with E-state index in [1.165, 1.54) is 5.56 Å². The van der Waals surface area contributed by atoms with Gasteiger partial charge in [0.2, 0.25) is 0 Å². The molecule has 4 heteroatoms. The second kappa shape index (κ2) is 7.00. The van der Waals surface area contributed by atoms with Gasteiger partial charge in [0.25, 0.3) is 5.91 Å². The Balaban J connectivity index is 1.71. The van der Waals surface area contributed by atoms with Gasteiger partial charge in [-0.2, -0.15) is 0 Å². The van der Waals surface area contributed by atoms with E-state index in [9.17, 15) is 9.90 Å². The fourth-order valence-corrected chi connectivity index (χ4v) is 2.59. The number of benzene rings is 2. The minimum absolute atomic E-state index is 0.0799. The average molecular weight is 346 g/mol. The van der Waals surface area contributed by atoms with Crippen LogP contribution in [0.25, 0.3) is 11.3 Å². The third-order valence-corrected chi connectivity index (χ3v) is 4.20. The molecule has 0 aliphatic carbocycles. The van der Waals surface area contributed by atoms with E-state index in [4.69, 9.17) is 0 Å². The van der Waals surface area contributed by atoms with Crippen molar-refractivity contribution in [3.8, 4) is 17.0 Å². The zero-order chi connectivity index (χ0) is 18.7. The first-order chi connectivity index (χ1) is 12.3. The largest absolute Gasteiger partial charge is 0.508 e. The van der Waals surface area contributed by atoms with E-state index in [1.807, 2.05) is 24.3 Å². The molecule has 2 aromatic carbocycles. The van der Waals surface area contributed by atoms with Crippen molar-refractivity contribution < 1.29 is 9.90 Å². The summed E-state index contributed by atoms with van der Waals surface area (Å²) in [6, 6.07) is 18.2. The number of nitrogens with zero attached hydrogens (tertiary/aromatic N) is 1.